The average molecular weight is 908 g/mol. The molecule has 2 unspecified atom stereocenters. The van der Waals surface area contributed by atoms with E-state index in [9.17, 15) is 33.2 Å². The molecule has 2 heterocycles. The highest BCUT2D eigenvalue weighted by Gasteiger charge is 2.62. The van der Waals surface area contributed by atoms with Crippen molar-refractivity contribution in [3.8, 4) is 11.1 Å². The number of ether oxygens (including phenoxy) is 4. The second-order valence-electron chi connectivity index (χ2n) is 18.1. The number of rotatable bonds is 16. The van der Waals surface area contributed by atoms with Crippen molar-refractivity contribution in [3.05, 3.63) is 120 Å². The van der Waals surface area contributed by atoms with Gasteiger partial charge in [0, 0.05) is 43.5 Å². The largest absolute Gasteiger partial charge is 0.464 e. The zero-order valence-electron chi connectivity index (χ0n) is 37.9. The molecule has 0 radical (unpaired) electrons. The number of likely N-dealkylation sites (tertiary alicyclic amines) is 1. The van der Waals surface area contributed by atoms with Gasteiger partial charge in [-0.2, -0.15) is 0 Å². The van der Waals surface area contributed by atoms with Crippen molar-refractivity contribution in [3.63, 3.8) is 0 Å². The van der Waals surface area contributed by atoms with Crippen LogP contribution in [0.15, 0.2) is 92.0 Å². The van der Waals surface area contributed by atoms with E-state index in [0.717, 1.165) is 22.3 Å². The molecular formula is C50H58FN5O10. The van der Waals surface area contributed by atoms with Crippen LogP contribution in [0.1, 0.15) is 81.5 Å². The van der Waals surface area contributed by atoms with E-state index in [1.54, 1.807) is 52.0 Å². The number of hydrogen-bond acceptors (Lipinski definition) is 10. The SMILES string of the molecule is C=CCN(CCC[C@H](NC(=O)OC(C)(C)C)C(=O)N1C[C@H](OC(=O)N2Cc3cccc(F)c3C2)CC1C(=O)N[C@]1(C(=O)OCC)CC1C=C)C(=O)OCC1c2ccccc2-c2ccccc21. The molecule has 4 aliphatic rings. The molecule has 0 aromatic heterocycles. The summed E-state index contributed by atoms with van der Waals surface area (Å²) in [4.78, 5) is 86.9. The zero-order chi connectivity index (χ0) is 47.3. The van der Waals surface area contributed by atoms with Gasteiger partial charge in [0.1, 0.15) is 41.8 Å². The molecule has 1 saturated heterocycles. The highest BCUT2D eigenvalue weighted by Crippen LogP contribution is 2.46. The Morgan fingerprint density at radius 2 is 1.65 bits per heavy atom. The molecular weight excluding hydrogens is 850 g/mol. The first-order chi connectivity index (χ1) is 31.6. The van der Waals surface area contributed by atoms with Gasteiger partial charge in [-0.3, -0.25) is 14.5 Å². The minimum absolute atomic E-state index is 0.0133. The van der Waals surface area contributed by atoms with Crippen LogP contribution in [0.4, 0.5) is 18.8 Å². The van der Waals surface area contributed by atoms with Crippen LogP contribution in [-0.2, 0) is 46.4 Å². The Bertz CT molecular complexity index is 2340. The molecule has 15 nitrogen and oxygen atoms in total. The molecule has 2 fully saturated rings. The van der Waals surface area contributed by atoms with Crippen molar-refractivity contribution in [1.82, 2.24) is 25.3 Å². The van der Waals surface area contributed by atoms with E-state index in [2.05, 4.69) is 35.9 Å². The Kier molecular flexibility index (Phi) is 14.2. The summed E-state index contributed by atoms with van der Waals surface area (Å²) in [5.41, 5.74) is 3.00. The van der Waals surface area contributed by atoms with Gasteiger partial charge >= 0.3 is 24.2 Å². The maximum absolute atomic E-state index is 14.8. The molecule has 1 saturated carbocycles. The number of nitrogens with zero attached hydrogens (tertiary/aromatic N) is 3. The van der Waals surface area contributed by atoms with E-state index in [4.69, 9.17) is 18.9 Å². The van der Waals surface area contributed by atoms with Crippen molar-refractivity contribution >= 4 is 36.1 Å². The Labute approximate surface area is 384 Å². The van der Waals surface area contributed by atoms with E-state index in [0.29, 0.717) is 11.1 Å². The Morgan fingerprint density at radius 1 is 0.955 bits per heavy atom. The van der Waals surface area contributed by atoms with Gasteiger partial charge in [0.05, 0.1) is 19.7 Å². The number of amides is 5. The Hall–Kier alpha value is -6.71. The van der Waals surface area contributed by atoms with Gasteiger partial charge in [-0.25, -0.2) is 23.6 Å². The lowest BCUT2D eigenvalue weighted by molar-refractivity contribution is -0.150. The summed E-state index contributed by atoms with van der Waals surface area (Å²) >= 11 is 0. The van der Waals surface area contributed by atoms with E-state index in [1.807, 2.05) is 36.4 Å². The van der Waals surface area contributed by atoms with Crippen LogP contribution < -0.4 is 10.6 Å². The van der Waals surface area contributed by atoms with Gasteiger partial charge in [-0.05, 0) is 80.8 Å². The third-order valence-corrected chi connectivity index (χ3v) is 12.4. The van der Waals surface area contributed by atoms with Crippen LogP contribution in [0.2, 0.25) is 0 Å². The van der Waals surface area contributed by atoms with Gasteiger partial charge in [-0.15, -0.1) is 13.2 Å². The van der Waals surface area contributed by atoms with Crippen molar-refractivity contribution in [2.75, 3.05) is 32.8 Å². The predicted octanol–water partition coefficient (Wildman–Crippen LogP) is 6.98. The number of hydrogen-bond donors (Lipinski definition) is 2. The monoisotopic (exact) mass is 907 g/mol. The number of esters is 1. The van der Waals surface area contributed by atoms with Gasteiger partial charge in [0.25, 0.3) is 0 Å². The molecule has 16 heteroatoms. The lowest BCUT2D eigenvalue weighted by Crippen LogP contribution is -2.57. The first kappa shape index (κ1) is 47.3. The number of fused-ring (bicyclic) bond motifs is 4. The smallest absolute Gasteiger partial charge is 0.410 e. The van der Waals surface area contributed by atoms with Gasteiger partial charge in [0.15, 0.2) is 0 Å². The molecule has 2 aliphatic heterocycles. The van der Waals surface area contributed by atoms with Crippen molar-refractivity contribution in [2.45, 2.75) is 102 Å². The third kappa shape index (κ3) is 10.2. The number of nitrogens with one attached hydrogen (secondary N) is 2. The summed E-state index contributed by atoms with van der Waals surface area (Å²) in [7, 11) is 0. The molecule has 3 aromatic carbocycles. The Morgan fingerprint density at radius 3 is 2.27 bits per heavy atom. The molecule has 66 heavy (non-hydrogen) atoms. The first-order valence-corrected chi connectivity index (χ1v) is 22.4. The van der Waals surface area contributed by atoms with Crippen LogP contribution in [0.5, 0.6) is 0 Å². The van der Waals surface area contributed by atoms with Crippen molar-refractivity contribution in [2.24, 2.45) is 5.92 Å². The fourth-order valence-electron chi connectivity index (χ4n) is 9.16. The fourth-order valence-corrected chi connectivity index (χ4v) is 9.16. The number of benzene rings is 3. The standard InChI is InChI=1S/C50H58FN5O10/c1-7-23-54(47(61)64-30-39-36-19-12-10-17-34(36)35-18-11-13-20-37(35)39)24-15-22-41(52-46(60)66-49(4,5)6)44(58)56-28-33(65-48(62)55-27-31-16-14-21-40(51)38(31)29-55)25-42(56)43(57)53-50(26-32(50)8-2)45(59)63-9-3/h7-8,10-14,16-21,32-33,39,41-42H,1-2,9,15,22-30H2,3-6H3,(H,52,60)(H,53,57)/t32?,33-,41+,42?,50-/m1/s1. The molecule has 0 spiro atoms. The molecule has 0 bridgehead atoms. The Balaban J connectivity index is 1.08. The van der Waals surface area contributed by atoms with Crippen LogP contribution in [0.25, 0.3) is 11.1 Å². The topological polar surface area (TPSA) is 173 Å². The maximum atomic E-state index is 14.8. The molecule has 5 amide bonds. The second kappa shape index (κ2) is 19.8. The first-order valence-electron chi connectivity index (χ1n) is 22.4. The number of alkyl carbamates (subject to hydrolysis) is 1. The van der Waals surface area contributed by atoms with E-state index in [1.165, 1.54) is 20.8 Å². The van der Waals surface area contributed by atoms with Crippen LogP contribution in [-0.4, -0.2) is 113 Å². The molecule has 3 aromatic rings. The minimum atomic E-state index is -1.40. The molecule has 2 N–H and O–H groups in total. The fraction of sp³-hybridized carbons (Fsp3) is 0.440. The van der Waals surface area contributed by atoms with Crippen molar-refractivity contribution in [1.29, 1.82) is 0 Å². The van der Waals surface area contributed by atoms with E-state index < -0.39 is 77.1 Å². The molecule has 2 aliphatic carbocycles. The summed E-state index contributed by atoms with van der Waals surface area (Å²) in [6.07, 6.45) is 0.134. The minimum Gasteiger partial charge on any atom is -0.464 e. The summed E-state index contributed by atoms with van der Waals surface area (Å²) < 4.78 is 37.3. The predicted molar refractivity (Wildman–Crippen MR) is 241 cm³/mol. The van der Waals surface area contributed by atoms with Gasteiger partial charge in [-0.1, -0.05) is 72.8 Å². The van der Waals surface area contributed by atoms with Crippen LogP contribution in [0, 0.1) is 11.7 Å². The summed E-state index contributed by atoms with van der Waals surface area (Å²) in [5, 5.41) is 5.49. The number of carbonyl (C=O) groups is 6. The highest BCUT2D eigenvalue weighted by atomic mass is 19.1. The lowest BCUT2D eigenvalue weighted by Gasteiger charge is -2.30. The number of halogens is 1. The normalized spacial score (nSPS) is 20.8. The van der Waals surface area contributed by atoms with E-state index >= 15 is 0 Å². The molecule has 5 atom stereocenters. The quantitative estimate of drug-likeness (QED) is 0.0868. The number of carbonyl (C=O) groups excluding carboxylic acids is 6. The average Bonchev–Trinajstić information content (AvgIpc) is 3.54. The van der Waals surface area contributed by atoms with Crippen molar-refractivity contribution < 1.29 is 52.1 Å². The summed E-state index contributed by atoms with van der Waals surface area (Å²) in [6.45, 7) is 14.5. The van der Waals surface area contributed by atoms with Gasteiger partial charge in [0.2, 0.25) is 11.8 Å². The third-order valence-electron chi connectivity index (χ3n) is 12.4. The van der Waals surface area contributed by atoms with Crippen LogP contribution in [0.3, 0.4) is 0 Å². The molecule has 350 valence electrons. The van der Waals surface area contributed by atoms with Crippen LogP contribution >= 0.6 is 0 Å². The highest BCUT2D eigenvalue weighted by molar-refractivity contribution is 5.96. The summed E-state index contributed by atoms with van der Waals surface area (Å²) in [5.74, 6) is -3.06. The second-order valence-corrected chi connectivity index (χ2v) is 18.1. The van der Waals surface area contributed by atoms with Gasteiger partial charge < -0.3 is 39.4 Å². The molecule has 7 rings (SSSR count). The maximum Gasteiger partial charge on any atom is 0.410 e. The van der Waals surface area contributed by atoms with E-state index in [-0.39, 0.29) is 77.5 Å². The zero-order valence-corrected chi connectivity index (χ0v) is 37.9. The lowest BCUT2D eigenvalue weighted by atomic mass is 9.98. The summed E-state index contributed by atoms with van der Waals surface area (Å²) in [6, 6.07) is 18.1.